The average molecular weight is 887 g/mol. The lowest BCUT2D eigenvalue weighted by atomic mass is 9.61. The second-order valence-corrected chi connectivity index (χ2v) is 19.4. The van der Waals surface area contributed by atoms with Crippen LogP contribution in [0.25, 0.3) is 50.4 Å². The van der Waals surface area contributed by atoms with Crippen LogP contribution in [0.4, 0.5) is 11.6 Å². The van der Waals surface area contributed by atoms with Crippen molar-refractivity contribution in [1.29, 1.82) is 0 Å². The van der Waals surface area contributed by atoms with Crippen LogP contribution in [0, 0.1) is 0 Å². The minimum Gasteiger partial charge on any atom is -0.309 e. The molecule has 3 aromatic heterocycles. The van der Waals surface area contributed by atoms with Crippen LogP contribution >= 0.6 is 0 Å². The first-order valence-electron chi connectivity index (χ1n) is 35.4. The number of rotatable bonds is 8. The molecule has 10 aromatic rings. The van der Waals surface area contributed by atoms with Crippen molar-refractivity contribution < 1.29 is 41.1 Å². The van der Waals surface area contributed by atoms with Crippen molar-refractivity contribution in [2.45, 2.75) is 50.5 Å². The first-order valence-corrected chi connectivity index (χ1v) is 22.4. The van der Waals surface area contributed by atoms with E-state index in [1.54, 1.807) is 13.8 Å². The summed E-state index contributed by atoms with van der Waals surface area (Å²) in [7, 11) is -5.97. The minimum atomic E-state index is -5.97. The number of anilines is 2. The summed E-state index contributed by atoms with van der Waals surface area (Å²) in [6.45, 7) is 3.57. The second-order valence-electron chi connectivity index (χ2n) is 15.9. The van der Waals surface area contributed by atoms with Gasteiger partial charge in [0, 0.05) is 32.8 Å². The maximum absolute atomic E-state index is 9.87. The summed E-state index contributed by atoms with van der Waals surface area (Å²) in [5.41, 5.74) is -5.38. The van der Waals surface area contributed by atoms with E-state index in [2.05, 4.69) is 0 Å². The fourth-order valence-corrected chi connectivity index (χ4v) is 13.2. The number of fused-ring (bicyclic) bond motifs is 6. The molecule has 0 N–H and O–H groups in total. The lowest BCUT2D eigenvalue weighted by Crippen LogP contribution is -2.75. The fourth-order valence-electron chi connectivity index (χ4n) is 9.56. The van der Waals surface area contributed by atoms with Gasteiger partial charge in [-0.2, -0.15) is 9.97 Å². The number of nitrogens with zero attached hydrogens (tertiary/aromatic N) is 6. The van der Waals surface area contributed by atoms with Crippen molar-refractivity contribution in [3.63, 3.8) is 0 Å². The molecule has 1 fully saturated rings. The maximum atomic E-state index is 9.87. The Morgan fingerprint density at radius 2 is 1.08 bits per heavy atom. The van der Waals surface area contributed by atoms with E-state index in [0.29, 0.717) is 19.3 Å². The third-order valence-corrected chi connectivity index (χ3v) is 16.8. The summed E-state index contributed by atoms with van der Waals surface area (Å²) in [4.78, 5) is 21.3. The van der Waals surface area contributed by atoms with Crippen LogP contribution < -0.4 is 25.8 Å². The monoisotopic (exact) mass is 887 g/mol. The number of pyridine rings is 1. The highest BCUT2D eigenvalue weighted by atomic mass is 28.3. The zero-order valence-electron chi connectivity index (χ0n) is 64.3. The molecule has 1 aliphatic heterocycles. The highest BCUT2D eigenvalue weighted by Gasteiger charge is 2.58. The van der Waals surface area contributed by atoms with E-state index in [1.165, 1.54) is 17.0 Å². The van der Waals surface area contributed by atoms with Crippen LogP contribution in [-0.2, 0) is 5.41 Å². The average Bonchev–Trinajstić information content (AvgIpc) is 1.61. The molecule has 2 aliphatic rings. The zero-order chi connectivity index (χ0) is 69.7. The normalized spacial score (nSPS) is 24.6. The Hall–Kier alpha value is -7.48. The van der Waals surface area contributed by atoms with Gasteiger partial charge in [0.2, 0.25) is 14.0 Å². The molecule has 2 unspecified atom stereocenters. The number of aromatic nitrogens is 5. The standard InChI is InChI=1S/C58H48N6Si/c1-57-39-20-21-40-58(57,2)64(52-37-19-15-32-47(52)57)56-61-54(46-31-14-18-36-51(46)63-49-34-16-12-29-44(49)45-30-13-17-35-50(45)63)60-55(62-56)48-33-22-38-53(59-48)65(41-23-6-3-7-24-41,42-25-8-4-9-26-42)43-27-10-5-11-28-43/h3-19,22-38H,20-21,39-40H2,1-2H3/i3D,4D,5D,6D,7D,8D,9D,10D,11D,12D,13D,14D,15D,16D,17D,18D,19D,23D,24D,25D,26D,27D,28D,29D,31D,32D,34D,35D,36D,37D. The lowest BCUT2D eigenvalue weighted by Gasteiger charge is -2.49. The summed E-state index contributed by atoms with van der Waals surface area (Å²) in [5.74, 6) is -1.94. The smallest absolute Gasteiger partial charge is 0.234 e. The summed E-state index contributed by atoms with van der Waals surface area (Å²) in [6.07, 6.45) is 1.62. The van der Waals surface area contributed by atoms with E-state index in [-0.39, 0.29) is 28.4 Å². The Morgan fingerprint density at radius 1 is 0.508 bits per heavy atom. The molecule has 0 spiro atoms. The van der Waals surface area contributed by atoms with Gasteiger partial charge in [-0.05, 0) is 83.2 Å². The first kappa shape index (κ1) is 18.9. The minimum absolute atomic E-state index is 0.135. The highest BCUT2D eigenvalue weighted by molar-refractivity contribution is 7.19. The van der Waals surface area contributed by atoms with Gasteiger partial charge in [-0.25, -0.2) is 4.98 Å². The Bertz CT molecular complexity index is 4920. The van der Waals surface area contributed by atoms with Gasteiger partial charge in [0.1, 0.15) is 5.69 Å². The van der Waals surface area contributed by atoms with Crippen LogP contribution in [0.15, 0.2) is 206 Å². The molecule has 12 rings (SSSR count). The summed E-state index contributed by atoms with van der Waals surface area (Å²) < 4.78 is 277. The van der Waals surface area contributed by atoms with E-state index < -0.39 is 267 Å². The third-order valence-electron chi connectivity index (χ3n) is 12.8. The summed E-state index contributed by atoms with van der Waals surface area (Å²) in [5, 5.41) is -3.89. The van der Waals surface area contributed by atoms with Crippen molar-refractivity contribution in [3.05, 3.63) is 211 Å². The van der Waals surface area contributed by atoms with Crippen molar-refractivity contribution in [2.24, 2.45) is 0 Å². The topological polar surface area (TPSA) is 59.7 Å². The first-order chi connectivity index (χ1) is 44.4. The van der Waals surface area contributed by atoms with Crippen molar-refractivity contribution >= 4 is 62.4 Å². The number of para-hydroxylation sites is 4. The van der Waals surface area contributed by atoms with Crippen LogP contribution in [0.5, 0.6) is 0 Å². The van der Waals surface area contributed by atoms with E-state index in [4.69, 9.17) is 41.9 Å². The Labute approximate surface area is 423 Å². The molecule has 65 heavy (non-hydrogen) atoms. The van der Waals surface area contributed by atoms with E-state index in [9.17, 15) is 19.2 Å². The maximum Gasteiger partial charge on any atom is 0.234 e. The van der Waals surface area contributed by atoms with Gasteiger partial charge in [-0.1, -0.05) is 183 Å². The largest absolute Gasteiger partial charge is 0.309 e. The van der Waals surface area contributed by atoms with E-state index in [1.807, 2.05) is 0 Å². The van der Waals surface area contributed by atoms with Crippen molar-refractivity contribution in [2.75, 3.05) is 4.90 Å². The SMILES string of the molecule is [2H]c1cc2c3c([2H])c([2H])c([2H])c([2H])c3n(-c3c([2H])c([2H])c([2H])c([2H])c3-c3nc(-c4cccc([Si](c5c([2H])c([2H])c([2H])c([2H])c5[2H])(c5c([2H])c([2H])c([2H])c([2H])c5[2H])c5c([2H])c([2H])c([2H])c([2H])c5[2H])n4)nc(N4c5c([2H])c([2H])c([2H])c([2H])c5C5(C)CCCCC45C)n3)c2c([2H])c1[2H]. The van der Waals surface area contributed by atoms with Crippen molar-refractivity contribution in [3.8, 4) is 28.6 Å². The Kier molecular flexibility index (Phi) is 4.47. The van der Waals surface area contributed by atoms with Crippen molar-refractivity contribution in [1.82, 2.24) is 24.5 Å². The number of hydrogen-bond acceptors (Lipinski definition) is 5. The molecule has 0 bridgehead atoms. The summed E-state index contributed by atoms with van der Waals surface area (Å²) >= 11 is 0. The van der Waals surface area contributed by atoms with Gasteiger partial charge in [0.25, 0.3) is 0 Å². The van der Waals surface area contributed by atoms with Gasteiger partial charge in [0.05, 0.1) is 63.4 Å². The lowest BCUT2D eigenvalue weighted by molar-refractivity contribution is 0.193. The molecule has 0 radical (unpaired) electrons. The van der Waals surface area contributed by atoms with Gasteiger partial charge >= 0.3 is 0 Å². The Balaban J connectivity index is 1.31. The fraction of sp³-hybridized carbons (Fsp3) is 0.138. The molecule has 6 nitrogen and oxygen atoms in total. The van der Waals surface area contributed by atoms with E-state index in [0.717, 1.165) is 16.7 Å². The molecule has 1 saturated carbocycles. The zero-order valence-corrected chi connectivity index (χ0v) is 35.3. The highest BCUT2D eigenvalue weighted by Crippen LogP contribution is 2.60. The molecule has 7 heteroatoms. The molecule has 2 atom stereocenters. The molecule has 4 heterocycles. The second kappa shape index (κ2) is 15.4. The van der Waals surface area contributed by atoms with Gasteiger partial charge in [-0.3, -0.25) is 4.98 Å². The van der Waals surface area contributed by atoms with Crippen LogP contribution in [-0.4, -0.2) is 38.1 Å². The van der Waals surface area contributed by atoms with Gasteiger partial charge in [0.15, 0.2) is 11.6 Å². The summed E-state index contributed by atoms with van der Waals surface area (Å²) in [6, 6.07) is -22.6. The molecule has 0 saturated heterocycles. The molecule has 7 aromatic carbocycles. The Morgan fingerprint density at radius 3 is 1.80 bits per heavy atom. The predicted octanol–water partition coefficient (Wildman–Crippen LogP) is 10.8. The molecular weight excluding hydrogens is 809 g/mol. The predicted molar refractivity (Wildman–Crippen MR) is 269 cm³/mol. The third kappa shape index (κ3) is 5.91. The quantitative estimate of drug-likeness (QED) is 0.112. The van der Waals surface area contributed by atoms with Gasteiger partial charge < -0.3 is 9.47 Å². The molecule has 1 aliphatic carbocycles. The van der Waals surface area contributed by atoms with Gasteiger partial charge in [-0.15, -0.1) is 0 Å². The number of benzene rings is 7. The van der Waals surface area contributed by atoms with Crippen LogP contribution in [0.2, 0.25) is 0 Å². The number of hydrogen-bond donors (Lipinski definition) is 0. The molecule has 0 amide bonds. The van der Waals surface area contributed by atoms with Crippen LogP contribution in [0.1, 0.15) is 86.2 Å². The van der Waals surface area contributed by atoms with E-state index >= 15 is 0 Å². The van der Waals surface area contributed by atoms with Crippen LogP contribution in [0.3, 0.4) is 0 Å². The molecule has 314 valence electrons. The molecular formula is C58H48N6Si.